The summed E-state index contributed by atoms with van der Waals surface area (Å²) in [6, 6.07) is 8.99. The Kier molecular flexibility index (Phi) is 5.89. The second-order valence-electron chi connectivity index (χ2n) is 4.24. The monoisotopic (exact) mass is 245 g/mol. The lowest BCUT2D eigenvalue weighted by Gasteiger charge is -2.13. The number of hydrogen-bond acceptors (Lipinski definition) is 3. The molecule has 0 heterocycles. The van der Waals surface area contributed by atoms with E-state index in [4.69, 9.17) is 5.26 Å². The van der Waals surface area contributed by atoms with Crippen molar-refractivity contribution in [2.24, 2.45) is 0 Å². The molecule has 0 radical (unpaired) electrons. The summed E-state index contributed by atoms with van der Waals surface area (Å²) in [5.74, 6) is -0.00501. The van der Waals surface area contributed by atoms with Gasteiger partial charge in [-0.15, -0.1) is 0 Å². The molecule has 0 saturated carbocycles. The van der Waals surface area contributed by atoms with Crippen molar-refractivity contribution in [2.75, 3.05) is 25.5 Å². The molecule has 1 aromatic carbocycles. The van der Waals surface area contributed by atoms with Crippen molar-refractivity contribution in [3.8, 4) is 6.07 Å². The summed E-state index contributed by atoms with van der Waals surface area (Å²) in [7, 11) is 2.04. The van der Waals surface area contributed by atoms with E-state index in [2.05, 4.69) is 17.1 Å². The van der Waals surface area contributed by atoms with Gasteiger partial charge in [-0.2, -0.15) is 5.26 Å². The van der Waals surface area contributed by atoms with Gasteiger partial charge in [-0.05, 0) is 44.8 Å². The van der Waals surface area contributed by atoms with Gasteiger partial charge in [0.05, 0.1) is 11.6 Å². The maximum absolute atomic E-state index is 11.7. The molecule has 0 spiro atoms. The highest BCUT2D eigenvalue weighted by atomic mass is 16.1. The van der Waals surface area contributed by atoms with Crippen LogP contribution in [-0.2, 0) is 4.79 Å². The molecule has 0 aromatic heterocycles. The molecule has 0 unspecified atom stereocenters. The molecule has 1 aromatic rings. The number of nitrogens with zero attached hydrogens (tertiary/aromatic N) is 2. The molecule has 1 N–H and O–H groups in total. The number of amides is 1. The van der Waals surface area contributed by atoms with E-state index in [-0.39, 0.29) is 5.91 Å². The van der Waals surface area contributed by atoms with Crippen molar-refractivity contribution in [3.05, 3.63) is 29.8 Å². The minimum Gasteiger partial charge on any atom is -0.326 e. The number of anilines is 1. The maximum atomic E-state index is 11.7. The van der Waals surface area contributed by atoms with Crippen LogP contribution in [0.4, 0.5) is 5.69 Å². The fourth-order valence-electron chi connectivity index (χ4n) is 1.56. The lowest BCUT2D eigenvalue weighted by Crippen LogP contribution is -2.20. The number of carbonyl (C=O) groups is 1. The smallest absolute Gasteiger partial charge is 0.224 e. The summed E-state index contributed by atoms with van der Waals surface area (Å²) in [6.45, 7) is 4.00. The van der Waals surface area contributed by atoms with Gasteiger partial charge >= 0.3 is 0 Å². The Morgan fingerprint density at radius 3 is 2.94 bits per heavy atom. The summed E-state index contributed by atoms with van der Waals surface area (Å²) in [5, 5.41) is 11.6. The van der Waals surface area contributed by atoms with E-state index in [1.54, 1.807) is 24.3 Å². The molecule has 4 nitrogen and oxygen atoms in total. The topological polar surface area (TPSA) is 56.1 Å². The van der Waals surface area contributed by atoms with Crippen LogP contribution in [0, 0.1) is 11.3 Å². The van der Waals surface area contributed by atoms with Crippen molar-refractivity contribution in [1.29, 1.82) is 5.26 Å². The van der Waals surface area contributed by atoms with Crippen LogP contribution in [0.2, 0.25) is 0 Å². The average Bonchev–Trinajstić information content (AvgIpc) is 2.38. The van der Waals surface area contributed by atoms with Crippen LogP contribution in [0.3, 0.4) is 0 Å². The molecule has 96 valence electrons. The van der Waals surface area contributed by atoms with E-state index in [9.17, 15) is 4.79 Å². The zero-order chi connectivity index (χ0) is 13.4. The Labute approximate surface area is 108 Å². The fourth-order valence-corrected chi connectivity index (χ4v) is 1.56. The molecule has 0 fully saturated rings. The zero-order valence-corrected chi connectivity index (χ0v) is 10.9. The molecule has 0 aliphatic rings. The Morgan fingerprint density at radius 2 is 2.28 bits per heavy atom. The van der Waals surface area contributed by atoms with Gasteiger partial charge in [-0.3, -0.25) is 4.79 Å². The Hall–Kier alpha value is -1.86. The van der Waals surface area contributed by atoms with Crippen molar-refractivity contribution >= 4 is 11.6 Å². The summed E-state index contributed by atoms with van der Waals surface area (Å²) in [5.41, 5.74) is 1.24. The second kappa shape index (κ2) is 7.46. The van der Waals surface area contributed by atoms with E-state index in [0.717, 1.165) is 19.5 Å². The highest BCUT2D eigenvalue weighted by molar-refractivity contribution is 5.90. The van der Waals surface area contributed by atoms with Crippen molar-refractivity contribution in [3.63, 3.8) is 0 Å². The van der Waals surface area contributed by atoms with Crippen molar-refractivity contribution in [1.82, 2.24) is 4.90 Å². The Morgan fingerprint density at radius 1 is 1.50 bits per heavy atom. The van der Waals surface area contributed by atoms with Crippen LogP contribution in [0.1, 0.15) is 25.3 Å². The van der Waals surface area contributed by atoms with Gasteiger partial charge in [0.1, 0.15) is 0 Å². The Bertz CT molecular complexity index is 437. The number of nitrogens with one attached hydrogen (secondary N) is 1. The summed E-state index contributed by atoms with van der Waals surface area (Å²) in [6.07, 6.45) is 1.34. The highest BCUT2D eigenvalue weighted by Crippen LogP contribution is 2.10. The lowest BCUT2D eigenvalue weighted by molar-refractivity contribution is -0.116. The van der Waals surface area contributed by atoms with Crippen molar-refractivity contribution < 1.29 is 4.79 Å². The molecule has 0 aliphatic carbocycles. The third-order valence-corrected chi connectivity index (χ3v) is 2.76. The van der Waals surface area contributed by atoms with Gasteiger partial charge in [0.2, 0.25) is 5.91 Å². The van der Waals surface area contributed by atoms with Crippen molar-refractivity contribution in [2.45, 2.75) is 19.8 Å². The van der Waals surface area contributed by atoms with Gasteiger partial charge in [0.25, 0.3) is 0 Å². The van der Waals surface area contributed by atoms with Crippen LogP contribution < -0.4 is 5.32 Å². The van der Waals surface area contributed by atoms with Gasteiger partial charge < -0.3 is 10.2 Å². The van der Waals surface area contributed by atoms with Gasteiger partial charge in [0.15, 0.2) is 0 Å². The zero-order valence-electron chi connectivity index (χ0n) is 10.9. The molecular weight excluding hydrogens is 226 g/mol. The molecule has 0 atom stereocenters. The van der Waals surface area contributed by atoms with Crippen LogP contribution >= 0.6 is 0 Å². The SMILES string of the molecule is CCN(C)CCCC(=O)Nc1cccc(C#N)c1. The first-order chi connectivity index (χ1) is 8.65. The number of nitriles is 1. The molecule has 0 bridgehead atoms. The summed E-state index contributed by atoms with van der Waals surface area (Å²) < 4.78 is 0. The normalized spacial score (nSPS) is 10.1. The third-order valence-electron chi connectivity index (χ3n) is 2.76. The first-order valence-corrected chi connectivity index (χ1v) is 6.14. The van der Waals surface area contributed by atoms with Crippen LogP contribution in [0.15, 0.2) is 24.3 Å². The molecule has 4 heteroatoms. The first kappa shape index (κ1) is 14.2. The van der Waals surface area contributed by atoms with E-state index < -0.39 is 0 Å². The van der Waals surface area contributed by atoms with E-state index in [0.29, 0.717) is 17.7 Å². The quantitative estimate of drug-likeness (QED) is 0.836. The highest BCUT2D eigenvalue weighted by Gasteiger charge is 2.03. The summed E-state index contributed by atoms with van der Waals surface area (Å²) in [4.78, 5) is 13.8. The van der Waals surface area contributed by atoms with E-state index in [1.807, 2.05) is 13.1 Å². The number of carbonyl (C=O) groups excluding carboxylic acids is 1. The van der Waals surface area contributed by atoms with Gasteiger partial charge in [-0.25, -0.2) is 0 Å². The standard InChI is InChI=1S/C14H19N3O/c1-3-17(2)9-5-8-14(18)16-13-7-4-6-12(10-13)11-15/h4,6-7,10H,3,5,8-9H2,1-2H3,(H,16,18). The molecular formula is C14H19N3O. The summed E-state index contributed by atoms with van der Waals surface area (Å²) >= 11 is 0. The minimum absolute atomic E-state index is 0.00501. The van der Waals surface area contributed by atoms with Crippen LogP contribution in [0.25, 0.3) is 0 Å². The molecule has 18 heavy (non-hydrogen) atoms. The largest absolute Gasteiger partial charge is 0.326 e. The Balaban J connectivity index is 2.38. The predicted octanol–water partition coefficient (Wildman–Crippen LogP) is 2.23. The number of hydrogen-bond donors (Lipinski definition) is 1. The second-order valence-corrected chi connectivity index (χ2v) is 4.24. The number of rotatable bonds is 6. The van der Waals surface area contributed by atoms with Gasteiger partial charge in [-0.1, -0.05) is 13.0 Å². The molecule has 0 saturated heterocycles. The maximum Gasteiger partial charge on any atom is 0.224 e. The van der Waals surface area contributed by atoms with Crippen LogP contribution in [-0.4, -0.2) is 30.9 Å². The predicted molar refractivity (Wildman–Crippen MR) is 72.2 cm³/mol. The first-order valence-electron chi connectivity index (χ1n) is 6.14. The minimum atomic E-state index is -0.00501. The van der Waals surface area contributed by atoms with E-state index >= 15 is 0 Å². The average molecular weight is 245 g/mol. The number of benzene rings is 1. The molecule has 0 aliphatic heterocycles. The molecule has 1 amide bonds. The molecule has 1 rings (SSSR count). The van der Waals surface area contributed by atoms with Crippen LogP contribution in [0.5, 0.6) is 0 Å². The third kappa shape index (κ3) is 4.98. The lowest BCUT2D eigenvalue weighted by atomic mass is 10.2. The van der Waals surface area contributed by atoms with Gasteiger partial charge in [0, 0.05) is 12.1 Å². The van der Waals surface area contributed by atoms with E-state index in [1.165, 1.54) is 0 Å². The fraction of sp³-hybridized carbons (Fsp3) is 0.429.